The number of nitriles is 1. The third-order valence-electron chi connectivity index (χ3n) is 3.49. The number of ether oxygens (including phenoxy) is 1. The van der Waals surface area contributed by atoms with Crippen LogP contribution in [-0.2, 0) is 0 Å². The van der Waals surface area contributed by atoms with Gasteiger partial charge in [-0.15, -0.1) is 0 Å². The molecule has 0 unspecified atom stereocenters. The summed E-state index contributed by atoms with van der Waals surface area (Å²) in [5.41, 5.74) is 0.641. The molecule has 2 rings (SSSR count). The molecule has 2 aromatic rings. The lowest BCUT2D eigenvalue weighted by atomic mass is 10.2. The van der Waals surface area contributed by atoms with Crippen LogP contribution >= 0.6 is 0 Å². The molecule has 0 spiro atoms. The molecule has 0 aliphatic heterocycles. The Morgan fingerprint density at radius 2 is 2.10 bits per heavy atom. The van der Waals surface area contributed by atoms with E-state index < -0.39 is 0 Å². The molecule has 1 aromatic heterocycles. The summed E-state index contributed by atoms with van der Waals surface area (Å²) < 4.78 is 7.58. The van der Waals surface area contributed by atoms with E-state index in [0.717, 1.165) is 12.3 Å². The van der Waals surface area contributed by atoms with Gasteiger partial charge in [-0.05, 0) is 44.2 Å². The number of nitrogens with zero attached hydrogens (tertiary/aromatic N) is 3. The van der Waals surface area contributed by atoms with E-state index in [1.54, 1.807) is 18.3 Å². The number of hydrogen-bond acceptors (Lipinski definition) is 4. The third kappa shape index (κ3) is 4.33. The van der Waals surface area contributed by atoms with Crippen molar-refractivity contribution in [1.29, 1.82) is 5.26 Å². The highest BCUT2D eigenvalue weighted by atomic mass is 16.5. The molecule has 1 aromatic carbocycles. The lowest BCUT2D eigenvalue weighted by molar-refractivity contribution is 0.289. The van der Waals surface area contributed by atoms with E-state index in [9.17, 15) is 0 Å². The molecular weight excluding hydrogens is 264 g/mol. The summed E-state index contributed by atoms with van der Waals surface area (Å²) in [6.45, 7) is 5.61. The van der Waals surface area contributed by atoms with E-state index in [4.69, 9.17) is 10.00 Å². The van der Waals surface area contributed by atoms with Crippen molar-refractivity contribution in [3.05, 3.63) is 48.3 Å². The van der Waals surface area contributed by atoms with Crippen molar-refractivity contribution in [3.8, 4) is 11.8 Å². The average molecular weight is 284 g/mol. The first-order valence-corrected chi connectivity index (χ1v) is 7.06. The second-order valence-corrected chi connectivity index (χ2v) is 4.95. The van der Waals surface area contributed by atoms with Crippen LogP contribution in [0.15, 0.2) is 42.7 Å². The Morgan fingerprint density at radius 1 is 1.33 bits per heavy atom. The predicted octanol–water partition coefficient (Wildman–Crippen LogP) is 2.37. The van der Waals surface area contributed by atoms with Crippen LogP contribution in [0, 0.1) is 11.3 Å². The fourth-order valence-corrected chi connectivity index (χ4v) is 2.00. The second-order valence-electron chi connectivity index (χ2n) is 4.95. The van der Waals surface area contributed by atoms with Gasteiger partial charge < -0.3 is 10.1 Å². The van der Waals surface area contributed by atoms with Crippen molar-refractivity contribution in [2.45, 2.75) is 25.9 Å². The molecule has 0 radical (unpaired) electrons. The molecule has 0 amide bonds. The summed E-state index contributed by atoms with van der Waals surface area (Å²) >= 11 is 0. The maximum Gasteiger partial charge on any atom is 0.119 e. The van der Waals surface area contributed by atoms with E-state index in [1.165, 1.54) is 0 Å². The van der Waals surface area contributed by atoms with Crippen molar-refractivity contribution in [1.82, 2.24) is 15.1 Å². The van der Waals surface area contributed by atoms with Crippen LogP contribution in [0.2, 0.25) is 0 Å². The summed E-state index contributed by atoms with van der Waals surface area (Å²) in [6, 6.07) is 11.7. The third-order valence-corrected chi connectivity index (χ3v) is 3.49. The van der Waals surface area contributed by atoms with Crippen molar-refractivity contribution in [2.24, 2.45) is 0 Å². The monoisotopic (exact) mass is 284 g/mol. The van der Waals surface area contributed by atoms with Crippen LogP contribution < -0.4 is 10.1 Å². The van der Waals surface area contributed by atoms with E-state index in [-0.39, 0.29) is 6.04 Å². The Morgan fingerprint density at radius 3 is 2.71 bits per heavy atom. The molecule has 0 bridgehead atoms. The van der Waals surface area contributed by atoms with E-state index >= 15 is 0 Å². The van der Waals surface area contributed by atoms with Crippen LogP contribution in [-0.4, -0.2) is 29.0 Å². The van der Waals surface area contributed by atoms with Gasteiger partial charge in [0.25, 0.3) is 0 Å². The van der Waals surface area contributed by atoms with Gasteiger partial charge in [-0.25, -0.2) is 0 Å². The first-order valence-electron chi connectivity index (χ1n) is 7.06. The van der Waals surface area contributed by atoms with Crippen LogP contribution in [0.4, 0.5) is 0 Å². The van der Waals surface area contributed by atoms with Gasteiger partial charge >= 0.3 is 0 Å². The minimum atomic E-state index is 0.287. The molecule has 1 N–H and O–H groups in total. The molecule has 110 valence electrons. The van der Waals surface area contributed by atoms with Crippen molar-refractivity contribution in [2.75, 3.05) is 13.2 Å². The molecule has 0 aliphatic rings. The molecule has 0 fully saturated rings. The fourth-order valence-electron chi connectivity index (χ4n) is 2.00. The van der Waals surface area contributed by atoms with Crippen molar-refractivity contribution >= 4 is 0 Å². The summed E-state index contributed by atoms with van der Waals surface area (Å²) in [7, 11) is 0. The smallest absolute Gasteiger partial charge is 0.119 e. The van der Waals surface area contributed by atoms with Gasteiger partial charge in [0.2, 0.25) is 0 Å². The predicted molar refractivity (Wildman–Crippen MR) is 81.1 cm³/mol. The zero-order chi connectivity index (χ0) is 15.1. The van der Waals surface area contributed by atoms with Gasteiger partial charge in [0.15, 0.2) is 0 Å². The van der Waals surface area contributed by atoms with Gasteiger partial charge in [0, 0.05) is 25.0 Å². The normalized spacial score (nSPS) is 13.4. The minimum Gasteiger partial charge on any atom is -0.492 e. The van der Waals surface area contributed by atoms with E-state index in [0.29, 0.717) is 18.2 Å². The molecule has 1 heterocycles. The zero-order valence-electron chi connectivity index (χ0n) is 12.4. The SMILES string of the molecule is C[C@H](NCCOc1ccc(C#N)cc1)[C@H](C)n1cccn1. The molecule has 5 heteroatoms. The fraction of sp³-hybridized carbons (Fsp3) is 0.375. The number of aromatic nitrogens is 2. The summed E-state index contributed by atoms with van der Waals surface area (Å²) in [6.07, 6.45) is 3.76. The Bertz CT molecular complexity index is 571. The summed E-state index contributed by atoms with van der Waals surface area (Å²) in [4.78, 5) is 0. The molecule has 5 nitrogen and oxygen atoms in total. The Balaban J connectivity index is 1.70. The topological polar surface area (TPSA) is 62.9 Å². The van der Waals surface area contributed by atoms with Gasteiger partial charge in [-0.2, -0.15) is 10.4 Å². The van der Waals surface area contributed by atoms with E-state index in [2.05, 4.69) is 30.3 Å². The molecule has 0 saturated heterocycles. The van der Waals surface area contributed by atoms with Crippen molar-refractivity contribution in [3.63, 3.8) is 0 Å². The highest BCUT2D eigenvalue weighted by Crippen LogP contribution is 2.11. The highest BCUT2D eigenvalue weighted by Gasteiger charge is 2.12. The Kier molecular flexibility index (Phi) is 5.35. The summed E-state index contributed by atoms with van der Waals surface area (Å²) in [5.74, 6) is 0.781. The molecular formula is C16H20N4O. The number of benzene rings is 1. The lowest BCUT2D eigenvalue weighted by Gasteiger charge is -2.21. The summed E-state index contributed by atoms with van der Waals surface area (Å²) in [5, 5.41) is 16.4. The van der Waals surface area contributed by atoms with Gasteiger partial charge in [0.05, 0.1) is 17.7 Å². The van der Waals surface area contributed by atoms with Crippen LogP contribution in [0.5, 0.6) is 5.75 Å². The van der Waals surface area contributed by atoms with E-state index in [1.807, 2.05) is 29.1 Å². The quantitative estimate of drug-likeness (QED) is 0.793. The van der Waals surface area contributed by atoms with Gasteiger partial charge in [-0.1, -0.05) is 0 Å². The Labute approximate surface area is 125 Å². The van der Waals surface area contributed by atoms with Gasteiger partial charge in [0.1, 0.15) is 12.4 Å². The minimum absolute atomic E-state index is 0.287. The van der Waals surface area contributed by atoms with Crippen LogP contribution in [0.25, 0.3) is 0 Å². The van der Waals surface area contributed by atoms with Gasteiger partial charge in [-0.3, -0.25) is 4.68 Å². The lowest BCUT2D eigenvalue weighted by Crippen LogP contribution is -2.36. The number of nitrogens with one attached hydrogen (secondary N) is 1. The highest BCUT2D eigenvalue weighted by molar-refractivity contribution is 5.34. The Hall–Kier alpha value is -2.32. The molecule has 2 atom stereocenters. The number of rotatable bonds is 7. The van der Waals surface area contributed by atoms with Crippen LogP contribution in [0.1, 0.15) is 25.5 Å². The zero-order valence-corrected chi connectivity index (χ0v) is 12.4. The second kappa shape index (κ2) is 7.46. The van der Waals surface area contributed by atoms with Crippen molar-refractivity contribution < 1.29 is 4.74 Å². The average Bonchev–Trinajstić information content (AvgIpc) is 3.05. The molecule has 0 saturated carbocycles. The maximum absolute atomic E-state index is 8.73. The van der Waals surface area contributed by atoms with Crippen LogP contribution in [0.3, 0.4) is 0 Å². The number of hydrogen-bond donors (Lipinski definition) is 1. The molecule has 0 aliphatic carbocycles. The maximum atomic E-state index is 8.73. The largest absolute Gasteiger partial charge is 0.492 e. The first kappa shape index (κ1) is 15.1. The first-order chi connectivity index (χ1) is 10.2. The molecule has 21 heavy (non-hydrogen) atoms. The standard InChI is InChI=1S/C16H20N4O/c1-13(14(2)20-10-3-8-19-20)18-9-11-21-16-6-4-15(12-17)5-7-16/h3-8,10,13-14,18H,9,11H2,1-2H3/t13-,14-/m0/s1.